The van der Waals surface area contributed by atoms with Crippen LogP contribution in [0, 0.1) is 0 Å². The molecule has 0 unspecified atom stereocenters. The Morgan fingerprint density at radius 1 is 1.35 bits per heavy atom. The summed E-state index contributed by atoms with van der Waals surface area (Å²) in [5.74, 6) is 0. The van der Waals surface area contributed by atoms with Crippen LogP contribution in [0.3, 0.4) is 0 Å². The van der Waals surface area contributed by atoms with Crippen LogP contribution < -0.4 is 15.4 Å². The molecular weight excluding hydrogens is 274 g/mol. The molecule has 1 aromatic rings. The minimum atomic E-state index is -3.45. The minimum absolute atomic E-state index is 0.355. The highest BCUT2D eigenvalue weighted by Gasteiger charge is 2.31. The van der Waals surface area contributed by atoms with E-state index in [1.165, 1.54) is 0 Å². The van der Waals surface area contributed by atoms with Crippen molar-refractivity contribution in [2.75, 3.05) is 24.5 Å². The Labute approximate surface area is 121 Å². The third-order valence-corrected chi connectivity index (χ3v) is 4.87. The third kappa shape index (κ3) is 3.50. The highest BCUT2D eigenvalue weighted by molar-refractivity contribution is 7.89. The topological polar surface area (TPSA) is 75.4 Å². The van der Waals surface area contributed by atoms with Crippen molar-refractivity contribution in [2.24, 2.45) is 5.73 Å². The molecule has 0 amide bonds. The number of rotatable bonds is 8. The lowest BCUT2D eigenvalue weighted by atomic mass is 10.2. The van der Waals surface area contributed by atoms with E-state index in [9.17, 15) is 8.42 Å². The number of hydrogen-bond donors (Lipinski definition) is 2. The van der Waals surface area contributed by atoms with Crippen LogP contribution in [0.5, 0.6) is 0 Å². The zero-order chi connectivity index (χ0) is 14.6. The predicted molar refractivity (Wildman–Crippen MR) is 81.3 cm³/mol. The van der Waals surface area contributed by atoms with Gasteiger partial charge in [0.25, 0.3) is 0 Å². The van der Waals surface area contributed by atoms with Crippen LogP contribution >= 0.6 is 0 Å². The molecule has 0 aliphatic heterocycles. The van der Waals surface area contributed by atoms with Crippen LogP contribution in [0.25, 0.3) is 0 Å². The van der Waals surface area contributed by atoms with Gasteiger partial charge in [0.2, 0.25) is 10.0 Å². The molecule has 1 fully saturated rings. The summed E-state index contributed by atoms with van der Waals surface area (Å²) in [4.78, 5) is 2.48. The summed E-state index contributed by atoms with van der Waals surface area (Å²) in [6.45, 7) is 3.61. The zero-order valence-electron chi connectivity index (χ0n) is 11.9. The summed E-state index contributed by atoms with van der Waals surface area (Å²) in [6, 6.07) is 7.60. The first kappa shape index (κ1) is 15.3. The molecule has 1 aliphatic carbocycles. The highest BCUT2D eigenvalue weighted by Crippen LogP contribution is 2.34. The molecule has 112 valence electrons. The molecular formula is C14H23N3O2S. The van der Waals surface area contributed by atoms with Crippen molar-refractivity contribution in [3.8, 4) is 0 Å². The maximum Gasteiger partial charge on any atom is 0.242 e. The van der Waals surface area contributed by atoms with Gasteiger partial charge in [-0.15, -0.1) is 0 Å². The second-order valence-electron chi connectivity index (χ2n) is 5.08. The number of nitrogens with two attached hydrogens (primary N) is 1. The quantitative estimate of drug-likeness (QED) is 0.758. The number of anilines is 1. The van der Waals surface area contributed by atoms with E-state index in [2.05, 4.69) is 9.62 Å². The number of hydrogen-bond acceptors (Lipinski definition) is 4. The zero-order valence-corrected chi connectivity index (χ0v) is 12.7. The van der Waals surface area contributed by atoms with Gasteiger partial charge in [0.1, 0.15) is 4.90 Å². The molecule has 1 aromatic carbocycles. The summed E-state index contributed by atoms with van der Waals surface area (Å²) in [6.07, 6.45) is 2.99. The first-order valence-electron chi connectivity index (χ1n) is 7.15. The van der Waals surface area contributed by atoms with Crippen LogP contribution in [-0.4, -0.2) is 34.1 Å². The molecule has 0 spiro atoms. The summed E-state index contributed by atoms with van der Waals surface area (Å²) < 4.78 is 27.4. The Hall–Kier alpha value is -1.11. The van der Waals surface area contributed by atoms with Gasteiger partial charge in [-0.05, 0) is 31.4 Å². The summed E-state index contributed by atoms with van der Waals surface area (Å²) in [5.41, 5.74) is 6.43. The van der Waals surface area contributed by atoms with Crippen LogP contribution in [0.2, 0.25) is 0 Å². The molecule has 0 heterocycles. The van der Waals surface area contributed by atoms with E-state index in [4.69, 9.17) is 5.73 Å². The molecule has 0 radical (unpaired) electrons. The van der Waals surface area contributed by atoms with E-state index in [1.54, 1.807) is 12.1 Å². The minimum Gasteiger partial charge on any atom is -0.366 e. The Kier molecular flexibility index (Phi) is 5.01. The molecule has 0 bridgehead atoms. The van der Waals surface area contributed by atoms with E-state index in [-0.39, 0.29) is 0 Å². The van der Waals surface area contributed by atoms with Crippen molar-refractivity contribution in [2.45, 2.75) is 37.1 Å². The standard InChI is InChI=1S/C14H23N3O2S/c1-2-10-16-20(18,19)14-6-4-3-5-13(14)17(11-9-15)12-7-8-12/h3-6,12,16H,2,7-11,15H2,1H3. The predicted octanol–water partition coefficient (Wildman–Crippen LogP) is 1.30. The van der Waals surface area contributed by atoms with Crippen molar-refractivity contribution in [3.05, 3.63) is 24.3 Å². The highest BCUT2D eigenvalue weighted by atomic mass is 32.2. The van der Waals surface area contributed by atoms with Gasteiger partial charge in [-0.3, -0.25) is 0 Å². The molecule has 1 saturated carbocycles. The lowest BCUT2D eigenvalue weighted by molar-refractivity contribution is 0.580. The molecule has 0 saturated heterocycles. The fourth-order valence-electron chi connectivity index (χ4n) is 2.26. The summed E-state index contributed by atoms with van der Waals surface area (Å²) in [5, 5.41) is 0. The van der Waals surface area contributed by atoms with E-state index in [0.717, 1.165) is 24.9 Å². The van der Waals surface area contributed by atoms with Crippen LogP contribution in [0.4, 0.5) is 5.69 Å². The van der Waals surface area contributed by atoms with Gasteiger partial charge in [-0.2, -0.15) is 0 Å². The molecule has 3 N–H and O–H groups in total. The van der Waals surface area contributed by atoms with Crippen molar-refractivity contribution < 1.29 is 8.42 Å². The summed E-state index contributed by atoms with van der Waals surface area (Å²) >= 11 is 0. The molecule has 1 aliphatic rings. The molecule has 5 nitrogen and oxygen atoms in total. The SMILES string of the molecule is CCCNS(=O)(=O)c1ccccc1N(CCN)C1CC1. The van der Waals surface area contributed by atoms with Gasteiger partial charge in [0.15, 0.2) is 0 Å². The molecule has 0 atom stereocenters. The van der Waals surface area contributed by atoms with Gasteiger partial charge in [0, 0.05) is 25.7 Å². The van der Waals surface area contributed by atoms with E-state index < -0.39 is 10.0 Å². The fourth-order valence-corrected chi connectivity index (χ4v) is 3.61. The summed E-state index contributed by atoms with van der Waals surface area (Å²) in [7, 11) is -3.45. The van der Waals surface area contributed by atoms with Gasteiger partial charge in [-0.25, -0.2) is 13.1 Å². The van der Waals surface area contributed by atoms with Gasteiger partial charge in [0.05, 0.1) is 5.69 Å². The molecule has 0 aromatic heterocycles. The Morgan fingerprint density at radius 2 is 2.05 bits per heavy atom. The number of sulfonamides is 1. The Morgan fingerprint density at radius 3 is 2.65 bits per heavy atom. The Bertz CT molecular complexity index is 541. The lowest BCUT2D eigenvalue weighted by Crippen LogP contribution is -2.34. The smallest absolute Gasteiger partial charge is 0.242 e. The van der Waals surface area contributed by atoms with Gasteiger partial charge < -0.3 is 10.6 Å². The fraction of sp³-hybridized carbons (Fsp3) is 0.571. The second-order valence-corrected chi connectivity index (χ2v) is 6.81. The number of nitrogens with one attached hydrogen (secondary N) is 1. The molecule has 2 rings (SSSR count). The molecule has 20 heavy (non-hydrogen) atoms. The van der Waals surface area contributed by atoms with Crippen LogP contribution in [0.1, 0.15) is 26.2 Å². The van der Waals surface area contributed by atoms with Crippen LogP contribution in [-0.2, 0) is 10.0 Å². The van der Waals surface area contributed by atoms with Crippen LogP contribution in [0.15, 0.2) is 29.2 Å². The average molecular weight is 297 g/mol. The second kappa shape index (κ2) is 6.56. The van der Waals surface area contributed by atoms with Crippen molar-refractivity contribution in [1.82, 2.24) is 4.72 Å². The number of nitrogens with zero attached hydrogens (tertiary/aromatic N) is 1. The van der Waals surface area contributed by atoms with E-state index in [0.29, 0.717) is 30.6 Å². The maximum absolute atomic E-state index is 12.4. The lowest BCUT2D eigenvalue weighted by Gasteiger charge is -2.26. The maximum atomic E-state index is 12.4. The Balaban J connectivity index is 2.34. The average Bonchev–Trinajstić information content (AvgIpc) is 3.27. The number of para-hydroxylation sites is 1. The number of benzene rings is 1. The van der Waals surface area contributed by atoms with Crippen molar-refractivity contribution >= 4 is 15.7 Å². The van der Waals surface area contributed by atoms with Gasteiger partial charge in [-0.1, -0.05) is 19.1 Å². The van der Waals surface area contributed by atoms with Gasteiger partial charge >= 0.3 is 0 Å². The van der Waals surface area contributed by atoms with Crippen molar-refractivity contribution in [1.29, 1.82) is 0 Å². The van der Waals surface area contributed by atoms with Crippen molar-refractivity contribution in [3.63, 3.8) is 0 Å². The first-order valence-corrected chi connectivity index (χ1v) is 8.64. The molecule has 6 heteroatoms. The monoisotopic (exact) mass is 297 g/mol. The third-order valence-electron chi connectivity index (χ3n) is 3.36. The first-order chi connectivity index (χ1) is 9.60. The largest absolute Gasteiger partial charge is 0.366 e. The normalized spacial score (nSPS) is 15.3. The van der Waals surface area contributed by atoms with E-state index >= 15 is 0 Å². The van der Waals surface area contributed by atoms with E-state index in [1.807, 2.05) is 19.1 Å².